The Morgan fingerprint density at radius 1 is 0.643 bits per heavy atom. The molecule has 0 amide bonds. The number of nitrogens with zero attached hydrogens (tertiary/aromatic N) is 2. The second-order valence-corrected chi connectivity index (χ2v) is 25.4. The predicted octanol–water partition coefficient (Wildman–Crippen LogP) is 10.5. The zero-order chi connectivity index (χ0) is 30.8. The normalized spacial score (nSPS) is 11.2. The minimum absolute atomic E-state index is 0. The molecule has 2 nitrogen and oxygen atoms in total. The largest absolute Gasteiger partial charge is 0.256 e. The highest BCUT2D eigenvalue weighted by atomic mass is 79.9. The summed E-state index contributed by atoms with van der Waals surface area (Å²) in [6.07, 6.45) is 5.35. The van der Waals surface area contributed by atoms with E-state index in [1.54, 1.807) is 0 Å². The maximum atomic E-state index is 4.72. The quantitative estimate of drug-likeness (QED) is 0.152. The summed E-state index contributed by atoms with van der Waals surface area (Å²) < 4.78 is 0. The molecule has 2 aromatic carbocycles. The van der Waals surface area contributed by atoms with E-state index in [1.807, 2.05) is 6.07 Å². The minimum Gasteiger partial charge on any atom is -0.256 e. The van der Waals surface area contributed by atoms with Crippen LogP contribution >= 0.6 is 15.9 Å². The van der Waals surface area contributed by atoms with Gasteiger partial charge in [-0.05, 0) is 52.9 Å². The van der Waals surface area contributed by atoms with E-state index in [0.29, 0.717) is 10.7 Å². The van der Waals surface area contributed by atoms with Crippen LogP contribution in [0, 0.1) is 12.8 Å². The lowest BCUT2D eigenvalue weighted by molar-refractivity contribution is 0.649. The van der Waals surface area contributed by atoms with Crippen LogP contribution in [0.4, 0.5) is 0 Å². The molecule has 42 heavy (non-hydrogen) atoms. The third-order valence-electron chi connectivity index (χ3n) is 6.48. The summed E-state index contributed by atoms with van der Waals surface area (Å²) in [5.41, 5.74) is 7.44. The average Bonchev–Trinajstić information content (AvgIpc) is 2.88. The van der Waals surface area contributed by atoms with Crippen molar-refractivity contribution in [2.75, 3.05) is 0 Å². The molecular formula is C37H55BrN2Si2. The zero-order valence-electron chi connectivity index (χ0n) is 27.2. The molecule has 0 saturated carbocycles. The maximum Gasteiger partial charge on any atom is 0.0799 e. The molecule has 2 aromatic heterocycles. The van der Waals surface area contributed by atoms with Crippen LogP contribution in [0.3, 0.4) is 0 Å². The van der Waals surface area contributed by atoms with Crippen LogP contribution in [-0.2, 0) is 6.42 Å². The van der Waals surface area contributed by atoms with Crippen molar-refractivity contribution in [2.45, 2.75) is 92.6 Å². The fourth-order valence-electron chi connectivity index (χ4n) is 4.66. The molecule has 0 spiro atoms. The lowest BCUT2D eigenvalue weighted by Crippen LogP contribution is -2.40. The highest BCUT2D eigenvalue weighted by molar-refractivity contribution is 9.09. The van der Waals surface area contributed by atoms with Crippen molar-refractivity contribution >= 4 is 42.5 Å². The van der Waals surface area contributed by atoms with Crippen molar-refractivity contribution in [1.29, 1.82) is 0 Å². The van der Waals surface area contributed by atoms with Gasteiger partial charge in [0.2, 0.25) is 0 Å². The van der Waals surface area contributed by atoms with Gasteiger partial charge in [0.05, 0.1) is 27.5 Å². The van der Waals surface area contributed by atoms with Crippen LogP contribution in [-0.4, -0.2) is 30.9 Å². The number of halogens is 1. The molecule has 0 N–H and O–H groups in total. The number of hydrogen-bond donors (Lipinski definition) is 0. The summed E-state index contributed by atoms with van der Waals surface area (Å²) in [5.74, 6) is 0.677. The number of alkyl halides is 1. The van der Waals surface area contributed by atoms with Gasteiger partial charge in [0, 0.05) is 28.3 Å². The molecule has 4 aromatic rings. The SMILES string of the molecule is C.CC(C)Br.CC(C)Cc1cc(-c2ccccc2)ncc1[Si](C)(C)C.Cc1cc(-c2ccccc2)ncc1[Si](C)(C)C. The van der Waals surface area contributed by atoms with Crippen molar-refractivity contribution < 1.29 is 0 Å². The van der Waals surface area contributed by atoms with E-state index in [4.69, 9.17) is 4.98 Å². The molecule has 0 atom stereocenters. The van der Waals surface area contributed by atoms with Gasteiger partial charge in [-0.15, -0.1) is 0 Å². The fourth-order valence-corrected chi connectivity index (χ4v) is 7.95. The fraction of sp³-hybridized carbons (Fsp3) is 0.405. The summed E-state index contributed by atoms with van der Waals surface area (Å²) in [4.78, 5) is 9.97. The van der Waals surface area contributed by atoms with E-state index in [-0.39, 0.29) is 7.43 Å². The number of rotatable bonds is 6. The van der Waals surface area contributed by atoms with Gasteiger partial charge >= 0.3 is 0 Å². The van der Waals surface area contributed by atoms with Gasteiger partial charge in [-0.3, -0.25) is 9.97 Å². The summed E-state index contributed by atoms with van der Waals surface area (Å²) in [5, 5.41) is 2.96. The van der Waals surface area contributed by atoms with E-state index >= 15 is 0 Å². The first-order valence-corrected chi connectivity index (χ1v) is 22.7. The van der Waals surface area contributed by atoms with E-state index in [0.717, 1.165) is 17.8 Å². The molecular weight excluding hydrogens is 608 g/mol. The smallest absolute Gasteiger partial charge is 0.0799 e. The first kappa shape index (κ1) is 37.7. The molecule has 0 saturated heterocycles. The predicted molar refractivity (Wildman–Crippen MR) is 199 cm³/mol. The number of hydrogen-bond acceptors (Lipinski definition) is 2. The van der Waals surface area contributed by atoms with Crippen molar-refractivity contribution in [3.05, 3.63) is 96.3 Å². The topological polar surface area (TPSA) is 25.8 Å². The van der Waals surface area contributed by atoms with Crippen LogP contribution in [0.2, 0.25) is 39.3 Å². The van der Waals surface area contributed by atoms with Crippen molar-refractivity contribution in [3.8, 4) is 22.5 Å². The Morgan fingerprint density at radius 3 is 1.38 bits per heavy atom. The van der Waals surface area contributed by atoms with Crippen LogP contribution in [0.5, 0.6) is 0 Å². The Hall–Kier alpha value is -2.35. The molecule has 0 fully saturated rings. The van der Waals surface area contributed by atoms with Gasteiger partial charge < -0.3 is 0 Å². The Kier molecular flexibility index (Phi) is 15.3. The third-order valence-corrected chi connectivity index (χ3v) is 10.7. The van der Waals surface area contributed by atoms with E-state index in [1.165, 1.54) is 32.6 Å². The number of pyridine rings is 2. The van der Waals surface area contributed by atoms with Crippen LogP contribution in [0.25, 0.3) is 22.5 Å². The van der Waals surface area contributed by atoms with Gasteiger partial charge in [-0.2, -0.15) is 0 Å². The van der Waals surface area contributed by atoms with Crippen molar-refractivity contribution in [3.63, 3.8) is 0 Å². The second-order valence-electron chi connectivity index (χ2n) is 13.5. The maximum absolute atomic E-state index is 4.72. The number of benzene rings is 2. The van der Waals surface area contributed by atoms with Gasteiger partial charge in [-0.25, -0.2) is 0 Å². The average molecular weight is 664 g/mol. The molecule has 0 aliphatic heterocycles. The van der Waals surface area contributed by atoms with Crippen molar-refractivity contribution in [1.82, 2.24) is 9.97 Å². The first-order chi connectivity index (χ1) is 19.1. The van der Waals surface area contributed by atoms with Crippen LogP contribution in [0.1, 0.15) is 46.2 Å². The van der Waals surface area contributed by atoms with Gasteiger partial charge in [0.25, 0.3) is 0 Å². The minimum atomic E-state index is -1.33. The lowest BCUT2D eigenvalue weighted by atomic mass is 10.0. The molecule has 4 rings (SSSR count). The standard InChI is InChI=1S/C18H25NSi.C15H19NSi.C3H7Br.CH4/c1-14(2)11-16-12-17(15-9-7-6-8-10-15)19-13-18(16)20(3,4)5;1-12-10-14(13-8-6-5-7-9-13)16-11-15(12)17(2,3)4;1-3(2)4;/h6-10,12-14H,11H2,1-5H3;5-11H,1-4H3;3H,1-2H3;1H4. The Morgan fingerprint density at radius 2 is 1.02 bits per heavy atom. The van der Waals surface area contributed by atoms with E-state index in [9.17, 15) is 0 Å². The lowest BCUT2D eigenvalue weighted by Gasteiger charge is -2.22. The Bertz CT molecular complexity index is 1340. The molecule has 2 heterocycles. The van der Waals surface area contributed by atoms with Crippen molar-refractivity contribution in [2.24, 2.45) is 5.92 Å². The molecule has 0 aliphatic rings. The van der Waals surface area contributed by atoms with E-state index in [2.05, 4.69) is 174 Å². The van der Waals surface area contributed by atoms with Crippen LogP contribution < -0.4 is 10.4 Å². The summed E-state index contributed by atoms with van der Waals surface area (Å²) in [6, 6.07) is 25.3. The molecule has 0 unspecified atom stereocenters. The molecule has 5 heteroatoms. The van der Waals surface area contributed by atoms with E-state index < -0.39 is 16.1 Å². The molecule has 0 aliphatic carbocycles. The molecule has 0 bridgehead atoms. The van der Waals surface area contributed by atoms with Gasteiger partial charge in [0.1, 0.15) is 0 Å². The first-order valence-electron chi connectivity index (χ1n) is 14.8. The third kappa shape index (κ3) is 12.5. The highest BCUT2D eigenvalue weighted by Gasteiger charge is 2.22. The number of aromatic nitrogens is 2. The zero-order valence-corrected chi connectivity index (χ0v) is 30.8. The summed E-state index contributed by atoms with van der Waals surface area (Å²) >= 11 is 3.27. The summed E-state index contributed by atoms with van der Waals surface area (Å²) in [6.45, 7) is 25.2. The molecule has 0 radical (unpaired) electrons. The Balaban J connectivity index is 0.000000368. The molecule has 228 valence electrons. The van der Waals surface area contributed by atoms with Gasteiger partial charge in [0.15, 0.2) is 0 Å². The van der Waals surface area contributed by atoms with Gasteiger partial charge in [-0.1, -0.05) is 151 Å². The second kappa shape index (κ2) is 17.1. The number of aryl methyl sites for hydroxylation is 1. The Labute approximate surface area is 268 Å². The monoisotopic (exact) mass is 662 g/mol. The van der Waals surface area contributed by atoms with Crippen LogP contribution in [0.15, 0.2) is 85.2 Å². The highest BCUT2D eigenvalue weighted by Crippen LogP contribution is 2.20. The summed E-state index contributed by atoms with van der Waals surface area (Å²) in [7, 11) is -2.60.